The summed E-state index contributed by atoms with van der Waals surface area (Å²) in [4.78, 5) is 32.5. The van der Waals surface area contributed by atoms with E-state index in [4.69, 9.17) is 0 Å². The molecule has 2 aromatic heterocycles. The van der Waals surface area contributed by atoms with Gasteiger partial charge in [0.05, 0.1) is 36.3 Å². The van der Waals surface area contributed by atoms with Crippen LogP contribution in [0.3, 0.4) is 0 Å². The Kier molecular flexibility index (Phi) is 11.8. The average molecular weight is 533 g/mol. The van der Waals surface area contributed by atoms with Gasteiger partial charge >= 0.3 is 29.6 Å². The maximum Gasteiger partial charge on any atom is 1.00 e. The number of amides is 1. The third-order valence-corrected chi connectivity index (χ3v) is 5.87. The fraction of sp³-hybridized carbons (Fsp3) is 0.333. The molecule has 2 heterocycles. The van der Waals surface area contributed by atoms with E-state index in [1.165, 1.54) is 18.2 Å². The molecule has 0 unspecified atom stereocenters. The molecular weight excluding hydrogens is 502 g/mol. The number of carboxylic acids is 1. The first-order valence-electron chi connectivity index (χ1n) is 11.9. The molecule has 1 aromatic carbocycles. The van der Waals surface area contributed by atoms with Gasteiger partial charge in [0, 0.05) is 42.8 Å². The van der Waals surface area contributed by atoms with Crippen LogP contribution in [-0.2, 0) is 17.9 Å². The Bertz CT molecular complexity index is 1280. The molecule has 3 aromatic rings. The number of carbonyl (C=O) groups is 2. The standard InChI is InChI=1S/C27H31FN4O5.Na/c1-4-32-23(10-9-21(33)11-22(34)12-24(35)36)25(18-5-7-19(28)8-6-18)17(3)26(32)27(37)31-15-20-14-29-16(2)13-30-20;/h5-10,13-14,21-22,33-34H,4,11-12,15H2,1-3H3,(H,31,37)(H,35,36);/q;+1/p-1/t21-,22-;/m1./s1. The van der Waals surface area contributed by atoms with Gasteiger partial charge in [0.15, 0.2) is 0 Å². The molecule has 2 atom stereocenters. The Morgan fingerprint density at radius 1 is 1.16 bits per heavy atom. The Balaban J connectivity index is 0.00000507. The first-order valence-corrected chi connectivity index (χ1v) is 11.9. The van der Waals surface area contributed by atoms with E-state index in [0.717, 1.165) is 5.69 Å². The van der Waals surface area contributed by atoms with E-state index in [9.17, 15) is 29.3 Å². The van der Waals surface area contributed by atoms with Crippen molar-refractivity contribution in [3.8, 4) is 11.1 Å². The largest absolute Gasteiger partial charge is 1.00 e. The van der Waals surface area contributed by atoms with Crippen LogP contribution in [0, 0.1) is 19.7 Å². The second-order valence-electron chi connectivity index (χ2n) is 8.71. The summed E-state index contributed by atoms with van der Waals surface area (Å²) in [5, 5.41) is 33.7. The Hall–Kier alpha value is -2.89. The minimum Gasteiger partial charge on any atom is -0.550 e. The number of carboxylic acid groups (broad SMARTS) is 1. The summed E-state index contributed by atoms with van der Waals surface area (Å²) in [5.41, 5.74) is 4.38. The first-order chi connectivity index (χ1) is 17.6. The summed E-state index contributed by atoms with van der Waals surface area (Å²) in [6.45, 7) is 6.07. The summed E-state index contributed by atoms with van der Waals surface area (Å²) in [7, 11) is 0. The maximum absolute atomic E-state index is 13.6. The maximum atomic E-state index is 13.6. The molecule has 3 N–H and O–H groups in total. The number of nitrogens with zero attached hydrogens (tertiary/aromatic N) is 3. The zero-order chi connectivity index (χ0) is 27.1. The van der Waals surface area contributed by atoms with Crippen LogP contribution in [0.4, 0.5) is 4.39 Å². The number of aliphatic hydroxyl groups excluding tert-OH is 2. The number of halogens is 1. The summed E-state index contributed by atoms with van der Waals surface area (Å²) >= 11 is 0. The molecule has 0 aliphatic rings. The number of benzene rings is 1. The molecule has 38 heavy (non-hydrogen) atoms. The molecule has 0 aliphatic carbocycles. The van der Waals surface area contributed by atoms with Crippen molar-refractivity contribution in [3.05, 3.63) is 76.9 Å². The quantitative estimate of drug-likeness (QED) is 0.267. The number of hydrogen-bond donors (Lipinski definition) is 3. The van der Waals surface area contributed by atoms with Crippen LogP contribution in [0.15, 0.2) is 42.7 Å². The summed E-state index contributed by atoms with van der Waals surface area (Å²) < 4.78 is 15.4. The Labute approximate surface area is 242 Å². The minimum atomic E-state index is -1.41. The van der Waals surface area contributed by atoms with Gasteiger partial charge in [-0.05, 0) is 50.1 Å². The normalized spacial score (nSPS) is 12.7. The second kappa shape index (κ2) is 14.3. The van der Waals surface area contributed by atoms with Crippen LogP contribution in [0.2, 0.25) is 0 Å². The van der Waals surface area contributed by atoms with Crippen LogP contribution in [0.25, 0.3) is 17.2 Å². The molecule has 11 heteroatoms. The van der Waals surface area contributed by atoms with Gasteiger partial charge in [-0.2, -0.15) is 0 Å². The Morgan fingerprint density at radius 3 is 2.42 bits per heavy atom. The van der Waals surface area contributed by atoms with Crippen molar-refractivity contribution in [2.45, 2.75) is 58.9 Å². The van der Waals surface area contributed by atoms with Gasteiger partial charge in [-0.3, -0.25) is 14.8 Å². The van der Waals surface area contributed by atoms with E-state index < -0.39 is 30.4 Å². The minimum absolute atomic E-state index is 0. The van der Waals surface area contributed by atoms with Gasteiger partial charge in [0.25, 0.3) is 5.91 Å². The van der Waals surface area contributed by atoms with E-state index in [1.807, 2.05) is 13.8 Å². The molecule has 0 saturated heterocycles. The van der Waals surface area contributed by atoms with Gasteiger partial charge in [0.2, 0.25) is 0 Å². The molecule has 3 rings (SSSR count). The topological polar surface area (TPSA) is 140 Å². The van der Waals surface area contributed by atoms with E-state index in [1.54, 1.807) is 42.1 Å². The second-order valence-corrected chi connectivity index (χ2v) is 8.71. The fourth-order valence-electron chi connectivity index (χ4n) is 4.14. The van der Waals surface area contributed by atoms with Gasteiger partial charge in [-0.15, -0.1) is 0 Å². The van der Waals surface area contributed by atoms with E-state index in [0.29, 0.717) is 40.3 Å². The predicted molar refractivity (Wildman–Crippen MR) is 133 cm³/mol. The zero-order valence-electron chi connectivity index (χ0n) is 21.9. The molecule has 9 nitrogen and oxygen atoms in total. The van der Waals surface area contributed by atoms with Crippen LogP contribution in [0.5, 0.6) is 0 Å². The number of hydrogen-bond acceptors (Lipinski definition) is 7. The molecule has 0 bridgehead atoms. The predicted octanol–water partition coefficient (Wildman–Crippen LogP) is -1.08. The number of aliphatic carboxylic acids is 1. The molecule has 0 radical (unpaired) electrons. The fourth-order valence-corrected chi connectivity index (χ4v) is 4.14. The molecule has 1 amide bonds. The number of rotatable bonds is 11. The SMILES string of the molecule is CCn1c(C=C[C@@H](O)C[C@@H](O)CC(=O)[O-])c(-c2ccc(F)cc2)c(C)c1C(=O)NCc1cnc(C)cn1.[Na+]. The summed E-state index contributed by atoms with van der Waals surface area (Å²) in [6, 6.07) is 5.87. The zero-order valence-corrected chi connectivity index (χ0v) is 23.9. The van der Waals surface area contributed by atoms with Crippen molar-refractivity contribution in [1.82, 2.24) is 19.9 Å². The van der Waals surface area contributed by atoms with Crippen molar-refractivity contribution >= 4 is 18.0 Å². The van der Waals surface area contributed by atoms with Crippen LogP contribution in [-0.4, -0.2) is 48.8 Å². The number of aromatic nitrogens is 3. The van der Waals surface area contributed by atoms with Crippen molar-refractivity contribution in [2.24, 2.45) is 0 Å². The molecule has 0 spiro atoms. The van der Waals surface area contributed by atoms with Crippen molar-refractivity contribution in [1.29, 1.82) is 0 Å². The molecule has 0 aliphatic heterocycles. The summed E-state index contributed by atoms with van der Waals surface area (Å²) in [6.07, 6.45) is 3.05. The van der Waals surface area contributed by atoms with E-state index >= 15 is 0 Å². The number of aliphatic hydroxyl groups is 2. The van der Waals surface area contributed by atoms with E-state index in [-0.39, 0.29) is 48.4 Å². The molecule has 0 fully saturated rings. The smallest absolute Gasteiger partial charge is 0.550 e. The van der Waals surface area contributed by atoms with E-state index in [2.05, 4.69) is 15.3 Å². The van der Waals surface area contributed by atoms with Crippen LogP contribution in [0.1, 0.15) is 52.9 Å². The molecule has 0 saturated carbocycles. The average Bonchev–Trinajstić information content (AvgIpc) is 3.13. The number of nitrogens with one attached hydrogen (secondary N) is 1. The monoisotopic (exact) mass is 532 g/mol. The van der Waals surface area contributed by atoms with Crippen molar-refractivity contribution < 1.29 is 58.9 Å². The number of aryl methyl sites for hydroxylation is 1. The first kappa shape index (κ1) is 31.3. The number of carbonyl (C=O) groups excluding carboxylic acids is 2. The third kappa shape index (κ3) is 8.05. The third-order valence-electron chi connectivity index (χ3n) is 5.87. The van der Waals surface area contributed by atoms with Crippen molar-refractivity contribution in [2.75, 3.05) is 0 Å². The summed E-state index contributed by atoms with van der Waals surface area (Å²) in [5.74, 6) is -2.15. The van der Waals surface area contributed by atoms with Gasteiger partial charge in [-0.1, -0.05) is 18.2 Å². The Morgan fingerprint density at radius 2 is 1.84 bits per heavy atom. The van der Waals surface area contributed by atoms with Gasteiger partial charge < -0.3 is 30.0 Å². The van der Waals surface area contributed by atoms with Crippen molar-refractivity contribution in [3.63, 3.8) is 0 Å². The molecular formula is C27H30FN4NaO5. The van der Waals surface area contributed by atoms with Gasteiger partial charge in [0.1, 0.15) is 11.5 Å². The van der Waals surface area contributed by atoms with Crippen LogP contribution >= 0.6 is 0 Å². The van der Waals surface area contributed by atoms with Crippen LogP contribution < -0.4 is 40.0 Å². The molecule has 196 valence electrons. The van der Waals surface area contributed by atoms with Gasteiger partial charge in [-0.25, -0.2) is 4.39 Å².